The Labute approximate surface area is 206 Å². The molecule has 4 N–H and O–H groups in total. The smallest absolute Gasteiger partial charge is 0.0485 e. The lowest BCUT2D eigenvalue weighted by Gasteiger charge is -2.26. The van der Waals surface area contributed by atoms with Crippen molar-refractivity contribution < 1.29 is 0 Å². The van der Waals surface area contributed by atoms with Gasteiger partial charge in [0.25, 0.3) is 0 Å². The predicted octanol–water partition coefficient (Wildman–Crippen LogP) is 5.98. The average Bonchev–Trinajstić information content (AvgIpc) is 3.25. The van der Waals surface area contributed by atoms with Crippen LogP contribution in [0.2, 0.25) is 0 Å². The molecular formula is C30H44N4. The van der Waals surface area contributed by atoms with Crippen molar-refractivity contribution >= 4 is 10.9 Å². The van der Waals surface area contributed by atoms with E-state index in [1.165, 1.54) is 59.7 Å². The minimum absolute atomic E-state index is 0.382. The Morgan fingerprint density at radius 3 is 2.35 bits per heavy atom. The molecule has 0 saturated heterocycles. The summed E-state index contributed by atoms with van der Waals surface area (Å²) in [7, 11) is 0. The number of rotatable bonds is 12. The average molecular weight is 461 g/mol. The Bertz CT molecular complexity index is 1010. The van der Waals surface area contributed by atoms with Crippen LogP contribution in [0.25, 0.3) is 10.9 Å². The maximum Gasteiger partial charge on any atom is 0.0485 e. The van der Waals surface area contributed by atoms with Crippen molar-refractivity contribution in [2.45, 2.75) is 70.3 Å². The second kappa shape index (κ2) is 12.5. The summed E-state index contributed by atoms with van der Waals surface area (Å²) in [6.45, 7) is 6.88. The highest BCUT2D eigenvalue weighted by molar-refractivity contribution is 5.85. The van der Waals surface area contributed by atoms with Gasteiger partial charge in [-0.25, -0.2) is 0 Å². The number of hydrogen-bond donors (Lipinski definition) is 2. The number of aryl methyl sites for hydroxylation is 1. The van der Waals surface area contributed by atoms with E-state index in [9.17, 15) is 0 Å². The van der Waals surface area contributed by atoms with Crippen LogP contribution >= 0.6 is 0 Å². The molecular weight excluding hydrogens is 416 g/mol. The highest BCUT2D eigenvalue weighted by Gasteiger charge is 2.24. The second-order valence-electron chi connectivity index (χ2n) is 10.2. The molecule has 3 aromatic rings. The molecule has 184 valence electrons. The van der Waals surface area contributed by atoms with Gasteiger partial charge in [0.2, 0.25) is 0 Å². The van der Waals surface area contributed by atoms with E-state index in [0.29, 0.717) is 12.0 Å². The van der Waals surface area contributed by atoms with Gasteiger partial charge in [-0.15, -0.1) is 0 Å². The van der Waals surface area contributed by atoms with E-state index in [1.54, 1.807) is 0 Å². The van der Waals surface area contributed by atoms with Gasteiger partial charge in [0.15, 0.2) is 0 Å². The van der Waals surface area contributed by atoms with E-state index in [-0.39, 0.29) is 0 Å². The summed E-state index contributed by atoms with van der Waals surface area (Å²) in [6.07, 6.45) is 12.4. The zero-order valence-corrected chi connectivity index (χ0v) is 21.1. The van der Waals surface area contributed by atoms with E-state index < -0.39 is 0 Å². The van der Waals surface area contributed by atoms with E-state index in [0.717, 1.165) is 52.0 Å². The molecule has 0 radical (unpaired) electrons. The van der Waals surface area contributed by atoms with Crippen LogP contribution < -0.4 is 11.5 Å². The Morgan fingerprint density at radius 1 is 0.912 bits per heavy atom. The van der Waals surface area contributed by atoms with Crippen LogP contribution in [0.5, 0.6) is 0 Å². The van der Waals surface area contributed by atoms with Gasteiger partial charge >= 0.3 is 0 Å². The van der Waals surface area contributed by atoms with Crippen molar-refractivity contribution in [1.29, 1.82) is 0 Å². The quantitative estimate of drug-likeness (QED) is 0.350. The molecule has 0 aliphatic heterocycles. The zero-order chi connectivity index (χ0) is 23.8. The molecule has 34 heavy (non-hydrogen) atoms. The molecule has 1 aliphatic rings. The molecule has 1 aliphatic carbocycles. The fourth-order valence-electron chi connectivity index (χ4n) is 5.84. The molecule has 4 rings (SSSR count). The fourth-order valence-corrected chi connectivity index (χ4v) is 5.84. The first kappa shape index (κ1) is 25.0. The second-order valence-corrected chi connectivity index (χ2v) is 10.2. The van der Waals surface area contributed by atoms with Gasteiger partial charge in [0.1, 0.15) is 0 Å². The molecule has 1 aromatic heterocycles. The summed E-state index contributed by atoms with van der Waals surface area (Å²) < 4.78 is 2.62. The number of para-hydroxylation sites is 1. The van der Waals surface area contributed by atoms with Gasteiger partial charge in [-0.05, 0) is 88.9 Å². The summed E-state index contributed by atoms with van der Waals surface area (Å²) in [4.78, 5) is 2.57. The molecule has 0 bridgehead atoms. The largest absolute Gasteiger partial charge is 0.344 e. The standard InChI is InChI=1S/C30H44N4/c1-24-10-7-11-25(22-24)27(16-21-33(19-8-17-31)20-9-18-32)29-23-34(26-12-3-2-4-13-26)30-15-6-5-14-28(29)30/h5-7,10-11,14-15,22-23,26-27H,2-4,8-9,12-13,16-21,31-32H2,1H3. The van der Waals surface area contributed by atoms with Crippen molar-refractivity contribution in [3.05, 3.63) is 71.4 Å². The molecule has 4 nitrogen and oxygen atoms in total. The van der Waals surface area contributed by atoms with Crippen LogP contribution in [0.15, 0.2) is 54.7 Å². The van der Waals surface area contributed by atoms with Gasteiger partial charge in [-0.2, -0.15) is 0 Å². The third-order valence-electron chi connectivity index (χ3n) is 7.65. The summed E-state index contributed by atoms with van der Waals surface area (Å²) in [5.41, 5.74) is 17.4. The van der Waals surface area contributed by atoms with Gasteiger partial charge < -0.3 is 20.9 Å². The first-order valence-corrected chi connectivity index (χ1v) is 13.5. The molecule has 4 heteroatoms. The minimum atomic E-state index is 0.382. The molecule has 1 atom stereocenters. The summed E-state index contributed by atoms with van der Waals surface area (Å²) in [5, 5.41) is 1.43. The van der Waals surface area contributed by atoms with Gasteiger partial charge in [-0.1, -0.05) is 67.3 Å². The number of fused-ring (bicyclic) bond motifs is 1. The molecule has 0 spiro atoms. The maximum atomic E-state index is 5.84. The van der Waals surface area contributed by atoms with Gasteiger partial charge in [-0.3, -0.25) is 0 Å². The Hall–Kier alpha value is -2.14. The normalized spacial score (nSPS) is 15.9. The van der Waals surface area contributed by atoms with E-state index in [1.807, 2.05) is 0 Å². The number of benzene rings is 2. The Kier molecular flexibility index (Phi) is 9.20. The van der Waals surface area contributed by atoms with Crippen LogP contribution in [0, 0.1) is 6.92 Å². The Morgan fingerprint density at radius 2 is 1.65 bits per heavy atom. The van der Waals surface area contributed by atoms with Crippen LogP contribution in [0.3, 0.4) is 0 Å². The number of hydrogen-bond acceptors (Lipinski definition) is 3. The third-order valence-corrected chi connectivity index (χ3v) is 7.65. The highest BCUT2D eigenvalue weighted by atomic mass is 15.1. The maximum absolute atomic E-state index is 5.84. The lowest BCUT2D eigenvalue weighted by atomic mass is 9.87. The fraction of sp³-hybridized carbons (Fsp3) is 0.533. The third kappa shape index (κ3) is 6.10. The van der Waals surface area contributed by atoms with Crippen LogP contribution in [-0.4, -0.2) is 42.2 Å². The predicted molar refractivity (Wildman–Crippen MR) is 145 cm³/mol. The van der Waals surface area contributed by atoms with Gasteiger partial charge in [0, 0.05) is 29.1 Å². The van der Waals surface area contributed by atoms with Gasteiger partial charge in [0.05, 0.1) is 0 Å². The van der Waals surface area contributed by atoms with Crippen LogP contribution in [-0.2, 0) is 0 Å². The highest BCUT2D eigenvalue weighted by Crippen LogP contribution is 2.39. The zero-order valence-electron chi connectivity index (χ0n) is 21.1. The Balaban J connectivity index is 1.69. The molecule has 1 fully saturated rings. The number of nitrogens with two attached hydrogens (primary N) is 2. The van der Waals surface area contributed by atoms with Crippen molar-refractivity contribution in [3.63, 3.8) is 0 Å². The van der Waals surface area contributed by atoms with E-state index in [2.05, 4.69) is 71.1 Å². The lowest BCUT2D eigenvalue weighted by molar-refractivity contribution is 0.263. The SMILES string of the molecule is Cc1cccc(C(CCN(CCCN)CCCN)c2cn(C3CCCCC3)c3ccccc23)c1. The number of aromatic nitrogens is 1. The van der Waals surface area contributed by atoms with E-state index in [4.69, 9.17) is 11.5 Å². The minimum Gasteiger partial charge on any atom is -0.344 e. The van der Waals surface area contributed by atoms with Crippen LogP contribution in [0.1, 0.15) is 80.0 Å². The first-order valence-electron chi connectivity index (χ1n) is 13.5. The van der Waals surface area contributed by atoms with Crippen molar-refractivity contribution in [1.82, 2.24) is 9.47 Å². The van der Waals surface area contributed by atoms with E-state index >= 15 is 0 Å². The summed E-state index contributed by atoms with van der Waals surface area (Å²) in [5.74, 6) is 0.382. The molecule has 1 saturated carbocycles. The molecule has 1 heterocycles. The number of nitrogens with zero attached hydrogens (tertiary/aromatic N) is 2. The molecule has 1 unspecified atom stereocenters. The first-order chi connectivity index (χ1) is 16.7. The summed E-state index contributed by atoms with van der Waals surface area (Å²) >= 11 is 0. The lowest BCUT2D eigenvalue weighted by Crippen LogP contribution is -2.30. The topological polar surface area (TPSA) is 60.2 Å². The summed E-state index contributed by atoms with van der Waals surface area (Å²) in [6, 6.07) is 18.9. The van der Waals surface area contributed by atoms with Crippen molar-refractivity contribution in [2.24, 2.45) is 11.5 Å². The monoisotopic (exact) mass is 460 g/mol. The van der Waals surface area contributed by atoms with Crippen LogP contribution in [0.4, 0.5) is 0 Å². The molecule has 2 aromatic carbocycles. The van der Waals surface area contributed by atoms with Crippen molar-refractivity contribution in [3.8, 4) is 0 Å². The van der Waals surface area contributed by atoms with Crippen molar-refractivity contribution in [2.75, 3.05) is 32.7 Å². The molecule has 0 amide bonds.